The molecule has 2 aliphatic heterocycles. The summed E-state index contributed by atoms with van der Waals surface area (Å²) in [5.41, 5.74) is 4.51. The number of aliphatic imine (C=N–C) groups is 1. The highest BCUT2D eigenvalue weighted by Gasteiger charge is 2.30. The average Bonchev–Trinajstić information content (AvgIpc) is 3.48. The molecule has 0 atom stereocenters. The van der Waals surface area contributed by atoms with Crippen LogP contribution in [0.5, 0.6) is 0 Å². The molecule has 6 rings (SSSR count). The first-order valence-corrected chi connectivity index (χ1v) is 16.0. The molecule has 1 aromatic carbocycles. The van der Waals surface area contributed by atoms with Crippen molar-refractivity contribution in [1.82, 2.24) is 29.3 Å². The summed E-state index contributed by atoms with van der Waals surface area (Å²) in [7, 11) is 5.87. The number of pyridine rings is 1. The summed E-state index contributed by atoms with van der Waals surface area (Å²) in [4.78, 5) is 41.5. The van der Waals surface area contributed by atoms with Gasteiger partial charge in [0.15, 0.2) is 5.65 Å². The van der Waals surface area contributed by atoms with E-state index in [1.807, 2.05) is 66.6 Å². The van der Waals surface area contributed by atoms with E-state index in [0.717, 1.165) is 81.5 Å². The summed E-state index contributed by atoms with van der Waals surface area (Å²) in [5, 5.41) is 7.96. The largest absolute Gasteiger partial charge is 0.339 e. The number of piperidine rings is 1. The van der Waals surface area contributed by atoms with Crippen molar-refractivity contribution in [2.75, 3.05) is 52.6 Å². The van der Waals surface area contributed by atoms with Gasteiger partial charge in [0.25, 0.3) is 5.91 Å². The molecule has 0 unspecified atom stereocenters. The molecular weight excluding hydrogens is 552 g/mol. The maximum absolute atomic E-state index is 13.2. The lowest BCUT2D eigenvalue weighted by Gasteiger charge is -2.35. The zero-order chi connectivity index (χ0) is 30.6. The van der Waals surface area contributed by atoms with Gasteiger partial charge in [-0.25, -0.2) is 4.52 Å². The minimum absolute atomic E-state index is 0.0527. The summed E-state index contributed by atoms with van der Waals surface area (Å²) in [6, 6.07) is 11.9. The van der Waals surface area contributed by atoms with E-state index in [1.165, 1.54) is 5.57 Å². The number of nitrogens with zero attached hydrogens (tertiary/aromatic N) is 7. The molecule has 2 aromatic heterocycles. The first-order chi connectivity index (χ1) is 21.4. The molecule has 10 heteroatoms. The quantitative estimate of drug-likeness (QED) is 0.395. The van der Waals surface area contributed by atoms with E-state index < -0.39 is 0 Å². The summed E-state index contributed by atoms with van der Waals surface area (Å²) in [5.74, 6) is 1.49. The van der Waals surface area contributed by atoms with Crippen LogP contribution in [-0.2, 0) is 4.79 Å². The zero-order valence-corrected chi connectivity index (χ0v) is 26.2. The molecule has 2 fully saturated rings. The number of rotatable bonds is 7. The summed E-state index contributed by atoms with van der Waals surface area (Å²) < 4.78 is 1.79. The van der Waals surface area contributed by atoms with Gasteiger partial charge in [0, 0.05) is 68.4 Å². The smallest absolute Gasteiger partial charge is 0.253 e. The number of benzene rings is 1. The van der Waals surface area contributed by atoms with Crippen molar-refractivity contribution >= 4 is 40.9 Å². The van der Waals surface area contributed by atoms with Crippen LogP contribution in [0.4, 0.5) is 11.6 Å². The Kier molecular flexibility index (Phi) is 9.07. The Balaban J connectivity index is 1.08. The molecule has 44 heavy (non-hydrogen) atoms. The minimum atomic E-state index is 0.0527. The van der Waals surface area contributed by atoms with E-state index in [4.69, 9.17) is 4.98 Å². The van der Waals surface area contributed by atoms with Crippen LogP contribution in [0.15, 0.2) is 53.7 Å². The number of aromatic nitrogens is 3. The maximum atomic E-state index is 13.2. The number of amides is 2. The Labute approximate surface area is 259 Å². The van der Waals surface area contributed by atoms with Gasteiger partial charge in [0.2, 0.25) is 11.9 Å². The molecule has 1 aliphatic carbocycles. The van der Waals surface area contributed by atoms with E-state index in [-0.39, 0.29) is 17.9 Å². The predicted octanol–water partition coefficient (Wildman–Crippen LogP) is 4.76. The first-order valence-electron chi connectivity index (χ1n) is 16.0. The molecule has 3 aromatic rings. The normalized spacial score (nSPS) is 21.9. The van der Waals surface area contributed by atoms with Crippen LogP contribution in [0, 0.1) is 11.8 Å². The lowest BCUT2D eigenvalue weighted by molar-refractivity contribution is -0.136. The zero-order valence-electron chi connectivity index (χ0n) is 26.2. The second-order valence-corrected chi connectivity index (χ2v) is 12.6. The third-order valence-electron chi connectivity index (χ3n) is 9.65. The summed E-state index contributed by atoms with van der Waals surface area (Å²) in [6.45, 7) is 3.39. The first kappa shape index (κ1) is 30.0. The fourth-order valence-electron chi connectivity index (χ4n) is 6.88. The van der Waals surface area contributed by atoms with E-state index >= 15 is 0 Å². The minimum Gasteiger partial charge on any atom is -0.339 e. The van der Waals surface area contributed by atoms with Gasteiger partial charge in [-0.1, -0.05) is 6.08 Å². The molecule has 0 spiro atoms. The van der Waals surface area contributed by atoms with Crippen molar-refractivity contribution in [3.05, 3.63) is 59.8 Å². The third-order valence-corrected chi connectivity index (χ3v) is 9.65. The van der Waals surface area contributed by atoms with Crippen molar-refractivity contribution in [1.29, 1.82) is 0 Å². The summed E-state index contributed by atoms with van der Waals surface area (Å²) in [6.07, 6.45) is 12.9. The number of nitrogens with one attached hydrogen (secondary N) is 1. The van der Waals surface area contributed by atoms with Gasteiger partial charge >= 0.3 is 0 Å². The molecule has 0 radical (unpaired) electrons. The Morgan fingerprint density at radius 3 is 2.45 bits per heavy atom. The summed E-state index contributed by atoms with van der Waals surface area (Å²) >= 11 is 0. The molecule has 1 saturated heterocycles. The number of hydrogen-bond acceptors (Lipinski definition) is 7. The van der Waals surface area contributed by atoms with Gasteiger partial charge in [-0.2, -0.15) is 4.98 Å². The van der Waals surface area contributed by atoms with E-state index in [2.05, 4.69) is 39.5 Å². The van der Waals surface area contributed by atoms with Crippen LogP contribution in [0.2, 0.25) is 0 Å². The fraction of sp³-hybridized carbons (Fsp3) is 0.500. The van der Waals surface area contributed by atoms with Gasteiger partial charge < -0.3 is 25.0 Å². The van der Waals surface area contributed by atoms with Crippen LogP contribution in [0.25, 0.3) is 11.2 Å². The van der Waals surface area contributed by atoms with Crippen LogP contribution in [0.1, 0.15) is 60.9 Å². The number of likely N-dealkylation sites (tertiary alicyclic amines) is 1. The predicted molar refractivity (Wildman–Crippen MR) is 174 cm³/mol. The number of fused-ring (bicyclic) bond motifs is 1. The number of hydrogen-bond donors (Lipinski definition) is 1. The molecule has 0 bridgehead atoms. The number of anilines is 2. The average molecular weight is 597 g/mol. The lowest BCUT2D eigenvalue weighted by Crippen LogP contribution is -2.44. The Hall–Kier alpha value is -4.05. The van der Waals surface area contributed by atoms with Crippen LogP contribution >= 0.6 is 0 Å². The van der Waals surface area contributed by atoms with Gasteiger partial charge in [0.05, 0.1) is 0 Å². The van der Waals surface area contributed by atoms with Crippen LogP contribution in [-0.4, -0.2) is 101 Å². The molecular formula is C34H44N8O2. The van der Waals surface area contributed by atoms with Crippen LogP contribution in [0.3, 0.4) is 0 Å². The molecule has 1 N–H and O–H groups in total. The molecule has 232 valence electrons. The van der Waals surface area contributed by atoms with Gasteiger partial charge in [-0.15, -0.1) is 5.10 Å². The lowest BCUT2D eigenvalue weighted by atomic mass is 9.81. The molecule has 4 heterocycles. The van der Waals surface area contributed by atoms with Gasteiger partial charge in [0.1, 0.15) is 0 Å². The van der Waals surface area contributed by atoms with Crippen molar-refractivity contribution in [3.8, 4) is 0 Å². The Morgan fingerprint density at radius 1 is 1.02 bits per heavy atom. The second kappa shape index (κ2) is 13.3. The monoisotopic (exact) mass is 596 g/mol. The molecule has 10 nitrogen and oxygen atoms in total. The third kappa shape index (κ3) is 6.55. The van der Waals surface area contributed by atoms with Crippen molar-refractivity contribution < 1.29 is 9.59 Å². The Bertz CT molecular complexity index is 1530. The topological polar surface area (TPSA) is 98.4 Å². The molecule has 2 amide bonds. The van der Waals surface area contributed by atoms with Crippen molar-refractivity contribution in [2.45, 2.75) is 51.0 Å². The highest BCUT2D eigenvalue weighted by atomic mass is 16.2. The fourth-order valence-corrected chi connectivity index (χ4v) is 6.88. The highest BCUT2D eigenvalue weighted by Crippen LogP contribution is 2.32. The second-order valence-electron chi connectivity index (χ2n) is 12.6. The van der Waals surface area contributed by atoms with Crippen molar-refractivity contribution in [3.63, 3.8) is 0 Å². The van der Waals surface area contributed by atoms with Crippen LogP contribution < -0.4 is 5.32 Å². The highest BCUT2D eigenvalue weighted by molar-refractivity contribution is 5.94. The molecule has 3 aliphatic rings. The Morgan fingerprint density at radius 2 is 1.77 bits per heavy atom. The number of carbonyl (C=O) groups is 2. The van der Waals surface area contributed by atoms with E-state index in [0.29, 0.717) is 29.9 Å². The molecule has 1 saturated carbocycles. The van der Waals surface area contributed by atoms with Gasteiger partial charge in [-0.3, -0.25) is 9.59 Å². The number of carbonyl (C=O) groups excluding carboxylic acids is 2. The van der Waals surface area contributed by atoms with E-state index in [9.17, 15) is 9.59 Å². The SMILES string of the molecule is CN=CC1CCC(C(=O)N2CC=C(c3cccn4nc(Nc5ccc(C(=O)N(C)C6CCN(C)CC6)cc5)nc34)CC2)CC1. The van der Waals surface area contributed by atoms with Gasteiger partial charge in [-0.05, 0) is 113 Å². The standard InChI is InChI=1S/C34H44N8O2/c1-35-23-24-6-8-27(9-7-24)33(44)41-21-14-25(15-22-41)30-5-4-18-42-31(30)37-34(38-42)36-28-12-10-26(11-13-28)32(43)40(3)29-16-19-39(2)20-17-29/h4-5,10-14,18,23-24,27,29H,6-9,15-17,19-22H2,1-3H3,(H,36,38). The van der Waals surface area contributed by atoms with Crippen molar-refractivity contribution in [2.24, 2.45) is 16.8 Å². The maximum Gasteiger partial charge on any atom is 0.253 e. The van der Waals surface area contributed by atoms with E-state index in [1.54, 1.807) is 4.52 Å².